The van der Waals surface area contributed by atoms with Gasteiger partial charge >= 0.3 is 0 Å². The van der Waals surface area contributed by atoms with Crippen LogP contribution in [0, 0.1) is 27.9 Å². The van der Waals surface area contributed by atoms with Crippen LogP contribution in [0.25, 0.3) is 0 Å². The van der Waals surface area contributed by atoms with Crippen molar-refractivity contribution in [2.45, 2.75) is 25.7 Å². The van der Waals surface area contributed by atoms with Crippen molar-refractivity contribution in [3.05, 3.63) is 52.1 Å². The molecule has 6 nitrogen and oxygen atoms in total. The van der Waals surface area contributed by atoms with Crippen LogP contribution in [-0.4, -0.2) is 17.0 Å². The van der Waals surface area contributed by atoms with Gasteiger partial charge in [-0.15, -0.1) is 0 Å². The van der Waals surface area contributed by atoms with E-state index in [1.165, 1.54) is 12.3 Å². The number of amides is 1. The number of hydrogen-bond acceptors (Lipinski definition) is 4. The van der Waals surface area contributed by atoms with Crippen molar-refractivity contribution < 1.29 is 9.72 Å². The molecule has 2 atom stereocenters. The molecule has 0 radical (unpaired) electrons. The van der Waals surface area contributed by atoms with Crippen LogP contribution in [0.2, 0.25) is 0 Å². The van der Waals surface area contributed by atoms with Crippen LogP contribution in [0.3, 0.4) is 0 Å². The van der Waals surface area contributed by atoms with Crippen LogP contribution in [0.1, 0.15) is 31.2 Å². The molecule has 2 aliphatic rings. The minimum atomic E-state index is -0.460. The molecule has 6 heteroatoms. The molecule has 2 aliphatic carbocycles. The molecule has 0 unspecified atom stereocenters. The molecule has 23 heavy (non-hydrogen) atoms. The van der Waals surface area contributed by atoms with E-state index in [2.05, 4.69) is 22.7 Å². The number of allylic oxidation sites excluding steroid dienone is 2. The fourth-order valence-electron chi connectivity index (χ4n) is 3.44. The number of nitro groups is 1. The molecule has 120 valence electrons. The summed E-state index contributed by atoms with van der Waals surface area (Å²) < 4.78 is 0. The highest BCUT2D eigenvalue weighted by Gasteiger charge is 2.53. The quantitative estimate of drug-likeness (QED) is 0.401. The zero-order chi connectivity index (χ0) is 16.2. The maximum Gasteiger partial charge on any atom is 0.278 e. The Balaban J connectivity index is 1.59. The van der Waals surface area contributed by atoms with E-state index in [1.54, 1.807) is 18.2 Å². The first-order chi connectivity index (χ1) is 11.2. The third-order valence-electron chi connectivity index (χ3n) is 4.65. The molecule has 0 spiro atoms. The standard InChI is InChI=1S/C17H19N3O3/c21-17(16-13-8-3-1-2-4-9-14(13)16)19-18-11-12-7-5-6-10-15(12)20(22)23/h1-2,5-7,10-11,13-14,16H,3-4,8-9H2,(H,19,21)/t13-,14-/m0/s1. The van der Waals surface area contributed by atoms with Crippen molar-refractivity contribution in [1.29, 1.82) is 0 Å². The molecule has 0 aromatic heterocycles. The second-order valence-electron chi connectivity index (χ2n) is 6.03. The van der Waals surface area contributed by atoms with Gasteiger partial charge in [0, 0.05) is 12.0 Å². The fourth-order valence-corrected chi connectivity index (χ4v) is 3.44. The summed E-state index contributed by atoms with van der Waals surface area (Å²) in [6, 6.07) is 6.32. The first kappa shape index (κ1) is 15.4. The minimum Gasteiger partial charge on any atom is -0.273 e. The maximum absolute atomic E-state index is 12.2. The van der Waals surface area contributed by atoms with Crippen LogP contribution in [0.4, 0.5) is 5.69 Å². The van der Waals surface area contributed by atoms with Crippen molar-refractivity contribution in [2.75, 3.05) is 0 Å². The normalized spacial score (nSPS) is 26.2. The average molecular weight is 313 g/mol. The van der Waals surface area contributed by atoms with Crippen molar-refractivity contribution in [2.24, 2.45) is 22.9 Å². The molecule has 1 N–H and O–H groups in total. The van der Waals surface area contributed by atoms with Gasteiger partial charge in [-0.1, -0.05) is 24.3 Å². The molecule has 1 fully saturated rings. The summed E-state index contributed by atoms with van der Waals surface area (Å²) in [5.74, 6) is 0.886. The van der Waals surface area contributed by atoms with Gasteiger partial charge < -0.3 is 0 Å². The highest BCUT2D eigenvalue weighted by molar-refractivity contribution is 5.87. The second kappa shape index (κ2) is 6.73. The van der Waals surface area contributed by atoms with Gasteiger partial charge in [0.05, 0.1) is 16.7 Å². The number of fused-ring (bicyclic) bond motifs is 1. The number of nitrogens with zero attached hydrogens (tertiary/aromatic N) is 2. The van der Waals surface area contributed by atoms with Gasteiger partial charge in [0.2, 0.25) is 5.91 Å². The van der Waals surface area contributed by atoms with Gasteiger partial charge in [-0.3, -0.25) is 14.9 Å². The number of nitrogens with one attached hydrogen (secondary N) is 1. The van der Waals surface area contributed by atoms with E-state index in [9.17, 15) is 14.9 Å². The summed E-state index contributed by atoms with van der Waals surface area (Å²) in [5, 5.41) is 14.8. The number of hydrazone groups is 1. The molecular weight excluding hydrogens is 294 g/mol. The van der Waals surface area contributed by atoms with Gasteiger partial charge in [0.25, 0.3) is 5.69 Å². The summed E-state index contributed by atoms with van der Waals surface area (Å²) in [5.41, 5.74) is 2.90. The van der Waals surface area contributed by atoms with Crippen LogP contribution < -0.4 is 5.43 Å². The summed E-state index contributed by atoms with van der Waals surface area (Å²) in [7, 11) is 0. The van der Waals surface area contributed by atoms with E-state index in [-0.39, 0.29) is 17.5 Å². The van der Waals surface area contributed by atoms with Crippen molar-refractivity contribution in [3.63, 3.8) is 0 Å². The topological polar surface area (TPSA) is 84.6 Å². The zero-order valence-electron chi connectivity index (χ0n) is 12.7. The highest BCUT2D eigenvalue weighted by Crippen LogP contribution is 2.52. The van der Waals surface area contributed by atoms with Crippen molar-refractivity contribution >= 4 is 17.8 Å². The molecule has 0 heterocycles. The highest BCUT2D eigenvalue weighted by atomic mass is 16.6. The first-order valence-corrected chi connectivity index (χ1v) is 7.90. The summed E-state index contributed by atoms with van der Waals surface area (Å²) >= 11 is 0. The molecule has 0 bridgehead atoms. The number of rotatable bonds is 4. The van der Waals surface area contributed by atoms with E-state index in [0.717, 1.165) is 25.7 Å². The SMILES string of the molecule is O=C(NN=Cc1ccccc1[N+](=O)[O-])C1[C@H]2CCC=CCC[C@H]12. The molecule has 1 amide bonds. The minimum absolute atomic E-state index is 0.0235. The van der Waals surface area contributed by atoms with E-state index < -0.39 is 4.92 Å². The zero-order valence-corrected chi connectivity index (χ0v) is 12.7. The monoisotopic (exact) mass is 313 g/mol. The third-order valence-corrected chi connectivity index (χ3v) is 4.65. The molecular formula is C17H19N3O3. The van der Waals surface area contributed by atoms with Gasteiger partial charge in [-0.2, -0.15) is 5.10 Å². The van der Waals surface area contributed by atoms with E-state index in [4.69, 9.17) is 0 Å². The van der Waals surface area contributed by atoms with E-state index in [0.29, 0.717) is 17.4 Å². The Hall–Kier alpha value is -2.50. The summed E-state index contributed by atoms with van der Waals surface area (Å²) in [6.07, 6.45) is 9.88. The van der Waals surface area contributed by atoms with Gasteiger partial charge in [-0.05, 0) is 43.6 Å². The summed E-state index contributed by atoms with van der Waals surface area (Å²) in [4.78, 5) is 22.7. The second-order valence-corrected chi connectivity index (χ2v) is 6.03. The average Bonchev–Trinajstić information content (AvgIpc) is 3.18. The third kappa shape index (κ3) is 3.47. The van der Waals surface area contributed by atoms with Crippen LogP contribution in [0.15, 0.2) is 41.5 Å². The molecule has 1 aromatic rings. The van der Waals surface area contributed by atoms with Crippen molar-refractivity contribution in [3.8, 4) is 0 Å². The molecule has 0 aliphatic heterocycles. The largest absolute Gasteiger partial charge is 0.278 e. The smallest absolute Gasteiger partial charge is 0.273 e. The predicted octanol–water partition coefficient (Wildman–Crippen LogP) is 3.04. The van der Waals surface area contributed by atoms with E-state index in [1.807, 2.05) is 0 Å². The first-order valence-electron chi connectivity index (χ1n) is 7.90. The lowest BCUT2D eigenvalue weighted by atomic mass is 10.1. The Morgan fingerprint density at radius 3 is 2.52 bits per heavy atom. The Bertz CT molecular complexity index is 653. The summed E-state index contributed by atoms with van der Waals surface area (Å²) in [6.45, 7) is 0. The van der Waals surface area contributed by atoms with Gasteiger partial charge in [-0.25, -0.2) is 5.43 Å². The Kier molecular flexibility index (Phi) is 4.50. The number of carbonyl (C=O) groups excluding carboxylic acids is 1. The maximum atomic E-state index is 12.2. The Labute approximate surface area is 134 Å². The predicted molar refractivity (Wildman–Crippen MR) is 86.9 cm³/mol. The number of carbonyl (C=O) groups is 1. The molecule has 1 aromatic carbocycles. The van der Waals surface area contributed by atoms with Crippen LogP contribution in [-0.2, 0) is 4.79 Å². The number of hydrogen-bond donors (Lipinski definition) is 1. The Morgan fingerprint density at radius 2 is 1.87 bits per heavy atom. The number of para-hydroxylation sites is 1. The lowest BCUT2D eigenvalue weighted by Gasteiger charge is -1.99. The molecule has 1 saturated carbocycles. The van der Waals surface area contributed by atoms with Gasteiger partial charge in [0.1, 0.15) is 0 Å². The van der Waals surface area contributed by atoms with Crippen LogP contribution >= 0.6 is 0 Å². The van der Waals surface area contributed by atoms with Crippen LogP contribution in [0.5, 0.6) is 0 Å². The molecule has 3 rings (SSSR count). The molecule has 0 saturated heterocycles. The fraction of sp³-hybridized carbons (Fsp3) is 0.412. The number of benzene rings is 1. The Morgan fingerprint density at radius 1 is 1.22 bits per heavy atom. The van der Waals surface area contributed by atoms with Gasteiger partial charge in [0.15, 0.2) is 0 Å². The van der Waals surface area contributed by atoms with E-state index >= 15 is 0 Å². The lowest BCUT2D eigenvalue weighted by Crippen LogP contribution is -2.21. The lowest BCUT2D eigenvalue weighted by molar-refractivity contribution is -0.385. The number of nitro benzene ring substituents is 1. The van der Waals surface area contributed by atoms with Crippen molar-refractivity contribution in [1.82, 2.24) is 5.43 Å².